The highest BCUT2D eigenvalue weighted by molar-refractivity contribution is 4.87. The Morgan fingerprint density at radius 2 is 2.18 bits per heavy atom. The van der Waals surface area contributed by atoms with Crippen LogP contribution in [0, 0.1) is 0 Å². The summed E-state index contributed by atoms with van der Waals surface area (Å²) in [6, 6.07) is 0. The van der Waals surface area contributed by atoms with Gasteiger partial charge in [0.25, 0.3) is 0 Å². The van der Waals surface area contributed by atoms with Gasteiger partial charge in [0.05, 0.1) is 12.7 Å². The summed E-state index contributed by atoms with van der Waals surface area (Å²) in [5.41, 5.74) is 0. The van der Waals surface area contributed by atoms with Gasteiger partial charge in [0.15, 0.2) is 0 Å². The smallest absolute Gasteiger partial charge is 0.112 e. The summed E-state index contributed by atoms with van der Waals surface area (Å²) in [7, 11) is 0. The van der Waals surface area contributed by atoms with Crippen molar-refractivity contribution in [2.24, 2.45) is 0 Å². The van der Waals surface area contributed by atoms with Crippen LogP contribution in [0.3, 0.4) is 0 Å². The lowest BCUT2D eigenvalue weighted by Gasteiger charge is -2.19. The zero-order valence-corrected chi connectivity index (χ0v) is 6.47. The number of hydrogen-bond acceptors (Lipinski definition) is 4. The summed E-state index contributed by atoms with van der Waals surface area (Å²) in [5, 5.41) is 27.5. The molecule has 0 aliphatic carbocycles. The van der Waals surface area contributed by atoms with Crippen molar-refractivity contribution in [3.8, 4) is 0 Å². The van der Waals surface area contributed by atoms with Gasteiger partial charge in [-0.2, -0.15) is 0 Å². The first-order valence-corrected chi connectivity index (χ1v) is 3.82. The monoisotopic (exact) mass is 162 g/mol. The highest BCUT2D eigenvalue weighted by atomic mass is 16.5. The molecule has 4 nitrogen and oxygen atoms in total. The van der Waals surface area contributed by atoms with Gasteiger partial charge in [-0.15, -0.1) is 0 Å². The molecule has 0 aromatic rings. The van der Waals surface area contributed by atoms with E-state index in [1.165, 1.54) is 0 Å². The van der Waals surface area contributed by atoms with Crippen molar-refractivity contribution in [3.63, 3.8) is 0 Å². The summed E-state index contributed by atoms with van der Waals surface area (Å²) in [5.74, 6) is 0. The van der Waals surface area contributed by atoms with Crippen molar-refractivity contribution in [2.75, 3.05) is 6.61 Å². The molecule has 0 aromatic heterocycles. The molecule has 1 fully saturated rings. The average Bonchev–Trinajstić information content (AvgIpc) is 2.32. The first-order valence-electron chi connectivity index (χ1n) is 3.82. The van der Waals surface area contributed by atoms with Gasteiger partial charge in [0.2, 0.25) is 0 Å². The Kier molecular flexibility index (Phi) is 2.84. The molecule has 0 spiro atoms. The molecule has 3 N–H and O–H groups in total. The van der Waals surface area contributed by atoms with Crippen LogP contribution in [0.25, 0.3) is 0 Å². The van der Waals surface area contributed by atoms with Crippen LogP contribution in [0.5, 0.6) is 0 Å². The third kappa shape index (κ3) is 1.70. The zero-order valence-electron chi connectivity index (χ0n) is 6.47. The van der Waals surface area contributed by atoms with Gasteiger partial charge in [-0.25, -0.2) is 0 Å². The molecule has 0 amide bonds. The molecule has 0 radical (unpaired) electrons. The van der Waals surface area contributed by atoms with Gasteiger partial charge in [0.1, 0.15) is 18.3 Å². The molecular weight excluding hydrogens is 148 g/mol. The van der Waals surface area contributed by atoms with Gasteiger partial charge >= 0.3 is 0 Å². The Hall–Kier alpha value is -0.160. The molecule has 4 atom stereocenters. The largest absolute Gasteiger partial charge is 0.390 e. The number of aliphatic hydroxyl groups is 3. The molecule has 0 saturated carbocycles. The first-order chi connectivity index (χ1) is 5.16. The number of aliphatic hydroxyl groups excluding tert-OH is 3. The minimum Gasteiger partial charge on any atom is -0.390 e. The van der Waals surface area contributed by atoms with Crippen molar-refractivity contribution in [3.05, 3.63) is 0 Å². The minimum atomic E-state index is -0.940. The van der Waals surface area contributed by atoms with Gasteiger partial charge in [0, 0.05) is 0 Å². The molecule has 1 aliphatic rings. The Morgan fingerprint density at radius 3 is 2.55 bits per heavy atom. The lowest BCUT2D eigenvalue weighted by molar-refractivity contribution is -0.0513. The summed E-state index contributed by atoms with van der Waals surface area (Å²) >= 11 is 0. The topological polar surface area (TPSA) is 69.9 Å². The Bertz CT molecular complexity index is 128. The highest BCUT2D eigenvalue weighted by Gasteiger charge is 2.38. The van der Waals surface area contributed by atoms with Crippen LogP contribution in [0.15, 0.2) is 0 Å². The second-order valence-corrected chi connectivity index (χ2v) is 2.83. The summed E-state index contributed by atoms with van der Waals surface area (Å²) in [6.45, 7) is 1.91. The molecule has 1 rings (SSSR count). The molecule has 1 saturated heterocycles. The fraction of sp³-hybridized carbons (Fsp3) is 1.00. The summed E-state index contributed by atoms with van der Waals surface area (Å²) in [6.07, 6.45) is -2.56. The van der Waals surface area contributed by atoms with Crippen molar-refractivity contribution in [1.29, 1.82) is 0 Å². The second kappa shape index (κ2) is 3.49. The van der Waals surface area contributed by atoms with Crippen LogP contribution in [-0.4, -0.2) is 46.3 Å². The maximum Gasteiger partial charge on any atom is 0.112 e. The molecule has 1 aliphatic heterocycles. The van der Waals surface area contributed by atoms with Gasteiger partial charge in [-0.05, 0) is 6.42 Å². The average molecular weight is 162 g/mol. The van der Waals surface area contributed by atoms with Gasteiger partial charge in [-0.1, -0.05) is 6.92 Å². The zero-order chi connectivity index (χ0) is 8.43. The predicted octanol–water partition coefficient (Wildman–Crippen LogP) is -1.12. The van der Waals surface area contributed by atoms with Crippen molar-refractivity contribution < 1.29 is 20.1 Å². The van der Waals surface area contributed by atoms with E-state index in [0.29, 0.717) is 6.42 Å². The van der Waals surface area contributed by atoms with Crippen molar-refractivity contribution >= 4 is 0 Å². The van der Waals surface area contributed by atoms with Crippen molar-refractivity contribution in [2.45, 2.75) is 37.8 Å². The van der Waals surface area contributed by atoms with E-state index in [0.717, 1.165) is 0 Å². The quantitative estimate of drug-likeness (QED) is 0.481. The standard InChI is InChI=1S/C7H14O4/c1-2-4(8)7-6(10)5(9)3-11-7/h4-10H,2-3H2,1H3. The van der Waals surface area contributed by atoms with E-state index in [4.69, 9.17) is 9.84 Å². The number of rotatable bonds is 2. The fourth-order valence-electron chi connectivity index (χ4n) is 1.20. The van der Waals surface area contributed by atoms with Crippen LogP contribution >= 0.6 is 0 Å². The van der Waals surface area contributed by atoms with E-state index in [2.05, 4.69) is 0 Å². The lowest BCUT2D eigenvalue weighted by atomic mass is 10.0. The normalized spacial score (nSPS) is 40.9. The van der Waals surface area contributed by atoms with E-state index < -0.39 is 24.4 Å². The van der Waals surface area contributed by atoms with Crippen LogP contribution in [0.4, 0.5) is 0 Å². The second-order valence-electron chi connectivity index (χ2n) is 2.83. The molecular formula is C7H14O4. The predicted molar refractivity (Wildman–Crippen MR) is 38.1 cm³/mol. The maximum atomic E-state index is 9.25. The molecule has 0 bridgehead atoms. The first kappa shape index (κ1) is 8.93. The third-order valence-corrected chi connectivity index (χ3v) is 1.99. The van der Waals surface area contributed by atoms with E-state index in [1.54, 1.807) is 6.92 Å². The van der Waals surface area contributed by atoms with Gasteiger partial charge < -0.3 is 20.1 Å². The third-order valence-electron chi connectivity index (χ3n) is 1.99. The maximum absolute atomic E-state index is 9.25. The van der Waals surface area contributed by atoms with E-state index in [1.807, 2.05) is 0 Å². The summed E-state index contributed by atoms with van der Waals surface area (Å²) < 4.78 is 4.98. The van der Waals surface area contributed by atoms with Crippen LogP contribution in [0.2, 0.25) is 0 Å². The van der Waals surface area contributed by atoms with E-state index in [9.17, 15) is 10.2 Å². The van der Waals surface area contributed by atoms with Gasteiger partial charge in [-0.3, -0.25) is 0 Å². The van der Waals surface area contributed by atoms with Crippen molar-refractivity contribution in [1.82, 2.24) is 0 Å². The number of hydrogen-bond donors (Lipinski definition) is 3. The molecule has 4 unspecified atom stereocenters. The minimum absolute atomic E-state index is 0.114. The fourth-order valence-corrected chi connectivity index (χ4v) is 1.20. The lowest BCUT2D eigenvalue weighted by Crippen LogP contribution is -2.38. The Balaban J connectivity index is 2.47. The van der Waals surface area contributed by atoms with Crippen LogP contribution in [-0.2, 0) is 4.74 Å². The van der Waals surface area contributed by atoms with Crippen LogP contribution < -0.4 is 0 Å². The molecule has 1 heterocycles. The van der Waals surface area contributed by atoms with E-state index in [-0.39, 0.29) is 6.61 Å². The Labute approximate surface area is 65.4 Å². The summed E-state index contributed by atoms with van der Waals surface area (Å²) in [4.78, 5) is 0. The number of ether oxygens (including phenoxy) is 1. The molecule has 4 heteroatoms. The van der Waals surface area contributed by atoms with E-state index >= 15 is 0 Å². The Morgan fingerprint density at radius 1 is 1.55 bits per heavy atom. The van der Waals surface area contributed by atoms with Crippen LogP contribution in [0.1, 0.15) is 13.3 Å². The molecule has 11 heavy (non-hydrogen) atoms. The molecule has 66 valence electrons. The SMILES string of the molecule is CCC(O)C1OCC(O)C1O. The highest BCUT2D eigenvalue weighted by Crippen LogP contribution is 2.18. The molecule has 0 aromatic carbocycles.